The van der Waals surface area contributed by atoms with Gasteiger partial charge in [-0.3, -0.25) is 14.9 Å². The molecule has 0 radical (unpaired) electrons. The molecule has 0 aromatic carbocycles. The number of nitrogens with zero attached hydrogens (tertiary/aromatic N) is 2. The number of rotatable bonds is 2. The Kier molecular flexibility index (Phi) is 6.52. The maximum Gasteiger partial charge on any atom is 0.257 e. The van der Waals surface area contributed by atoms with Gasteiger partial charge in [0.1, 0.15) is 11.8 Å². The summed E-state index contributed by atoms with van der Waals surface area (Å²) in [6.45, 7) is 2.79. The number of aromatic nitrogens is 1. The van der Waals surface area contributed by atoms with E-state index in [1.54, 1.807) is 0 Å². The topological polar surface area (TPSA) is 80.6 Å². The molecule has 0 fully saturated rings. The van der Waals surface area contributed by atoms with Gasteiger partial charge in [-0.2, -0.15) is 0 Å². The van der Waals surface area contributed by atoms with Gasteiger partial charge in [0.25, 0.3) is 5.91 Å². The van der Waals surface area contributed by atoms with Gasteiger partial charge in [-0.05, 0) is 31.9 Å². The average Bonchev–Trinajstić information content (AvgIpc) is 2.40. The molecule has 2 amide bonds. The molecule has 19 heavy (non-hydrogen) atoms. The van der Waals surface area contributed by atoms with Crippen LogP contribution < -0.4 is 5.32 Å². The summed E-state index contributed by atoms with van der Waals surface area (Å²) in [5.74, 6) is -0.491. The summed E-state index contributed by atoms with van der Waals surface area (Å²) in [6.07, 6.45) is 3.95. The lowest BCUT2D eigenvalue weighted by atomic mass is 10.2. The van der Waals surface area contributed by atoms with Crippen molar-refractivity contribution in [3.63, 3.8) is 0 Å². The van der Waals surface area contributed by atoms with Crippen molar-refractivity contribution < 1.29 is 14.4 Å². The highest BCUT2D eigenvalue weighted by molar-refractivity contribution is 6.29. The molecule has 1 aliphatic rings. The van der Waals surface area contributed by atoms with Gasteiger partial charge in [-0.1, -0.05) is 16.8 Å². The standard InChI is InChI=1S/C7H5ClN2O2.C5H9NO/c8-6-3-5(1-2-9-6)7(12)10-4-11;1-5-3-2-4-7-6-5/h1-4H,(H,10,11,12);2-4H2,1H3. The summed E-state index contributed by atoms with van der Waals surface area (Å²) in [5.41, 5.74) is 1.42. The summed E-state index contributed by atoms with van der Waals surface area (Å²) < 4.78 is 0. The van der Waals surface area contributed by atoms with Crippen molar-refractivity contribution in [3.8, 4) is 0 Å². The lowest BCUT2D eigenvalue weighted by Gasteiger charge is -2.05. The van der Waals surface area contributed by atoms with Crippen LogP contribution in [0.3, 0.4) is 0 Å². The Hall–Kier alpha value is -1.95. The highest BCUT2D eigenvalue weighted by atomic mass is 35.5. The van der Waals surface area contributed by atoms with E-state index in [2.05, 4.69) is 10.1 Å². The first-order valence-corrected chi connectivity index (χ1v) is 6.03. The van der Waals surface area contributed by atoms with Crippen molar-refractivity contribution in [2.45, 2.75) is 19.8 Å². The van der Waals surface area contributed by atoms with E-state index in [4.69, 9.17) is 16.4 Å². The molecule has 0 bridgehead atoms. The lowest BCUT2D eigenvalue weighted by molar-refractivity contribution is -0.108. The molecule has 0 spiro atoms. The second-order valence-corrected chi connectivity index (χ2v) is 4.11. The van der Waals surface area contributed by atoms with Crippen molar-refractivity contribution in [1.82, 2.24) is 10.3 Å². The smallest absolute Gasteiger partial charge is 0.257 e. The number of carbonyl (C=O) groups excluding carboxylic acids is 2. The Bertz CT molecular complexity index is 477. The maximum atomic E-state index is 11.0. The third-order valence-electron chi connectivity index (χ3n) is 2.17. The third-order valence-corrected chi connectivity index (χ3v) is 2.38. The number of carbonyl (C=O) groups is 2. The highest BCUT2D eigenvalue weighted by Gasteiger charge is 2.03. The van der Waals surface area contributed by atoms with E-state index in [-0.39, 0.29) is 5.15 Å². The summed E-state index contributed by atoms with van der Waals surface area (Å²) in [5, 5.41) is 5.95. The van der Waals surface area contributed by atoms with E-state index in [0.717, 1.165) is 25.2 Å². The van der Waals surface area contributed by atoms with Crippen LogP contribution in [0.4, 0.5) is 0 Å². The second kappa shape index (κ2) is 8.20. The van der Waals surface area contributed by atoms with E-state index < -0.39 is 5.91 Å². The first-order chi connectivity index (χ1) is 9.13. The monoisotopic (exact) mass is 283 g/mol. The minimum atomic E-state index is -0.491. The zero-order valence-corrected chi connectivity index (χ0v) is 11.2. The van der Waals surface area contributed by atoms with Crippen LogP contribution in [-0.4, -0.2) is 29.6 Å². The molecule has 0 unspecified atom stereocenters. The van der Waals surface area contributed by atoms with E-state index in [0.29, 0.717) is 12.0 Å². The van der Waals surface area contributed by atoms with E-state index in [1.165, 1.54) is 18.3 Å². The zero-order valence-electron chi connectivity index (χ0n) is 10.4. The minimum Gasteiger partial charge on any atom is -0.396 e. The number of nitrogens with one attached hydrogen (secondary N) is 1. The zero-order chi connectivity index (χ0) is 14.1. The molecule has 0 saturated carbocycles. The van der Waals surface area contributed by atoms with Gasteiger partial charge in [0.15, 0.2) is 0 Å². The van der Waals surface area contributed by atoms with E-state index in [9.17, 15) is 9.59 Å². The van der Waals surface area contributed by atoms with Crippen LogP contribution in [0.1, 0.15) is 30.1 Å². The summed E-state index contributed by atoms with van der Waals surface area (Å²) in [6, 6.07) is 2.84. The van der Waals surface area contributed by atoms with Gasteiger partial charge < -0.3 is 4.84 Å². The number of oxime groups is 1. The van der Waals surface area contributed by atoms with Crippen LogP contribution in [0.25, 0.3) is 0 Å². The fourth-order valence-electron chi connectivity index (χ4n) is 1.27. The van der Waals surface area contributed by atoms with E-state index >= 15 is 0 Å². The number of amides is 2. The normalized spacial score (nSPS) is 13.3. The number of imide groups is 1. The quantitative estimate of drug-likeness (QED) is 0.663. The lowest BCUT2D eigenvalue weighted by Crippen LogP contribution is -2.21. The maximum absolute atomic E-state index is 11.0. The Morgan fingerprint density at radius 1 is 1.58 bits per heavy atom. The molecule has 2 rings (SSSR count). The number of pyridine rings is 1. The summed E-state index contributed by atoms with van der Waals surface area (Å²) in [4.78, 5) is 29.3. The Balaban J connectivity index is 0.000000218. The first-order valence-electron chi connectivity index (χ1n) is 5.65. The van der Waals surface area contributed by atoms with Gasteiger partial charge in [0.05, 0.1) is 5.71 Å². The summed E-state index contributed by atoms with van der Waals surface area (Å²) in [7, 11) is 0. The number of hydrogen-bond donors (Lipinski definition) is 1. The van der Waals surface area contributed by atoms with Crippen LogP contribution >= 0.6 is 11.6 Å². The average molecular weight is 284 g/mol. The fraction of sp³-hybridized carbons (Fsp3) is 0.333. The first kappa shape index (κ1) is 15.1. The molecule has 7 heteroatoms. The van der Waals surface area contributed by atoms with Gasteiger partial charge in [0, 0.05) is 11.8 Å². The molecule has 1 aliphatic heterocycles. The van der Waals surface area contributed by atoms with Crippen molar-refractivity contribution >= 4 is 29.6 Å². The van der Waals surface area contributed by atoms with Gasteiger partial charge in [0.2, 0.25) is 6.41 Å². The van der Waals surface area contributed by atoms with Crippen LogP contribution in [0.15, 0.2) is 23.5 Å². The van der Waals surface area contributed by atoms with Crippen molar-refractivity contribution in [2.75, 3.05) is 6.61 Å². The predicted molar refractivity (Wildman–Crippen MR) is 71.1 cm³/mol. The Morgan fingerprint density at radius 2 is 2.37 bits per heavy atom. The molecular weight excluding hydrogens is 270 g/mol. The van der Waals surface area contributed by atoms with Gasteiger partial charge in [-0.25, -0.2) is 4.98 Å². The molecule has 0 atom stereocenters. The molecule has 102 valence electrons. The Morgan fingerprint density at radius 3 is 2.84 bits per heavy atom. The molecule has 2 heterocycles. The third kappa shape index (κ3) is 5.96. The van der Waals surface area contributed by atoms with Crippen LogP contribution in [0.2, 0.25) is 5.15 Å². The van der Waals surface area contributed by atoms with Crippen molar-refractivity contribution in [1.29, 1.82) is 0 Å². The molecule has 6 nitrogen and oxygen atoms in total. The fourth-order valence-corrected chi connectivity index (χ4v) is 1.45. The molecule has 0 saturated heterocycles. The molecule has 0 aliphatic carbocycles. The van der Waals surface area contributed by atoms with Crippen LogP contribution in [-0.2, 0) is 9.63 Å². The largest absolute Gasteiger partial charge is 0.396 e. The second-order valence-electron chi connectivity index (χ2n) is 3.72. The molecule has 1 N–H and O–H groups in total. The highest BCUT2D eigenvalue weighted by Crippen LogP contribution is 2.06. The number of hydrogen-bond acceptors (Lipinski definition) is 5. The summed E-state index contributed by atoms with van der Waals surface area (Å²) >= 11 is 5.51. The minimum absolute atomic E-state index is 0.216. The molecule has 1 aromatic rings. The van der Waals surface area contributed by atoms with E-state index in [1.807, 2.05) is 12.2 Å². The molecule has 1 aromatic heterocycles. The Labute approximate surface area is 115 Å². The van der Waals surface area contributed by atoms with Crippen molar-refractivity contribution in [2.24, 2.45) is 5.16 Å². The van der Waals surface area contributed by atoms with Crippen molar-refractivity contribution in [3.05, 3.63) is 29.0 Å². The van der Waals surface area contributed by atoms with Gasteiger partial charge >= 0.3 is 0 Å². The van der Waals surface area contributed by atoms with Crippen LogP contribution in [0.5, 0.6) is 0 Å². The van der Waals surface area contributed by atoms with Crippen LogP contribution in [0, 0.1) is 0 Å². The molecular formula is C12H14ClN3O3. The number of halogens is 1. The predicted octanol–water partition coefficient (Wildman–Crippen LogP) is 1.79. The SMILES string of the molecule is CC1=NOCCC1.O=CNC(=O)c1ccnc(Cl)c1. The van der Waals surface area contributed by atoms with Gasteiger partial charge in [-0.15, -0.1) is 0 Å².